The molecule has 2 amide bonds. The monoisotopic (exact) mass is 459 g/mol. The largest absolute Gasteiger partial charge is 0.343 e. The van der Waals surface area contributed by atoms with Crippen LogP contribution in [0, 0.1) is 13.8 Å². The highest BCUT2D eigenvalue weighted by Crippen LogP contribution is 2.20. The van der Waals surface area contributed by atoms with Gasteiger partial charge in [-0.1, -0.05) is 17.7 Å². The Balaban J connectivity index is 1.47. The molecule has 0 spiro atoms. The summed E-state index contributed by atoms with van der Waals surface area (Å²) in [5.74, 6) is 0.361. The third-order valence-corrected chi connectivity index (χ3v) is 5.71. The van der Waals surface area contributed by atoms with Crippen molar-refractivity contribution in [3.05, 3.63) is 71.3 Å². The number of carbonyl (C=O) groups excluding carboxylic acids is 2. The van der Waals surface area contributed by atoms with Gasteiger partial charge in [-0.05, 0) is 57.4 Å². The highest BCUT2D eigenvalue weighted by Gasteiger charge is 2.18. The maximum Gasteiger partial charge on any atom is 0.275 e. The van der Waals surface area contributed by atoms with Gasteiger partial charge in [-0.3, -0.25) is 14.9 Å². The van der Waals surface area contributed by atoms with E-state index in [4.69, 9.17) is 0 Å². The molecule has 0 bridgehead atoms. The summed E-state index contributed by atoms with van der Waals surface area (Å²) in [6, 6.07) is 9.33. The van der Waals surface area contributed by atoms with Crippen molar-refractivity contribution >= 4 is 29.1 Å². The first-order chi connectivity index (χ1) is 16.4. The highest BCUT2D eigenvalue weighted by molar-refractivity contribution is 6.12. The lowest BCUT2D eigenvalue weighted by Crippen LogP contribution is -2.36. The van der Waals surface area contributed by atoms with E-state index in [0.29, 0.717) is 29.8 Å². The van der Waals surface area contributed by atoms with E-state index < -0.39 is 5.91 Å². The van der Waals surface area contributed by atoms with Crippen LogP contribution in [0.1, 0.15) is 51.7 Å². The number of rotatable bonds is 5. The Morgan fingerprint density at radius 3 is 2.53 bits per heavy atom. The Morgan fingerprint density at radius 1 is 0.971 bits per heavy atom. The molecule has 0 aliphatic carbocycles. The molecule has 1 fully saturated rings. The summed E-state index contributed by atoms with van der Waals surface area (Å²) in [5, 5.41) is 9.01. The number of hydrogen-bond acceptors (Lipinski definition) is 7. The van der Waals surface area contributed by atoms with Crippen LogP contribution in [0.5, 0.6) is 0 Å². The van der Waals surface area contributed by atoms with E-state index in [2.05, 4.69) is 42.7 Å². The number of nitrogens with one attached hydrogen (secondary N) is 3. The molecule has 1 aliphatic rings. The van der Waals surface area contributed by atoms with Crippen LogP contribution in [-0.4, -0.2) is 46.0 Å². The zero-order valence-electron chi connectivity index (χ0n) is 19.6. The van der Waals surface area contributed by atoms with Crippen LogP contribution < -0.4 is 20.9 Å². The number of hydrogen-bond donors (Lipinski definition) is 3. The first-order valence-corrected chi connectivity index (χ1v) is 11.4. The standard InChI is InChI=1S/C25H29N7O2/c1-16-6-8-20(19(11-16)24(33)31-22-9-7-17(2)12-27-22)30-25(34)21-13-28-23(14-26-21)32-10-4-5-18(3)29-15-32/h6-9,11-14,18,29H,4-5,10,15H2,1-3H3,(H,30,34)(H,27,31,33). The van der Waals surface area contributed by atoms with E-state index in [9.17, 15) is 9.59 Å². The molecule has 0 radical (unpaired) electrons. The van der Waals surface area contributed by atoms with E-state index >= 15 is 0 Å². The summed E-state index contributed by atoms with van der Waals surface area (Å²) in [7, 11) is 0. The third kappa shape index (κ3) is 5.74. The maximum atomic E-state index is 12.9. The minimum atomic E-state index is -0.437. The van der Waals surface area contributed by atoms with Crippen molar-refractivity contribution in [3.8, 4) is 0 Å². The average molecular weight is 460 g/mol. The first-order valence-electron chi connectivity index (χ1n) is 11.4. The topological polar surface area (TPSA) is 112 Å². The maximum absolute atomic E-state index is 12.9. The molecule has 9 heteroatoms. The second-order valence-electron chi connectivity index (χ2n) is 8.61. The number of carbonyl (C=O) groups is 2. The van der Waals surface area contributed by atoms with Gasteiger partial charge in [0.2, 0.25) is 0 Å². The fourth-order valence-corrected chi connectivity index (χ4v) is 3.70. The number of amides is 2. The van der Waals surface area contributed by atoms with E-state index in [0.717, 1.165) is 36.3 Å². The number of benzene rings is 1. The number of aromatic nitrogens is 3. The normalized spacial score (nSPS) is 16.0. The molecular formula is C25H29N7O2. The van der Waals surface area contributed by atoms with Gasteiger partial charge in [0, 0.05) is 18.8 Å². The third-order valence-electron chi connectivity index (χ3n) is 5.71. The zero-order valence-corrected chi connectivity index (χ0v) is 19.6. The van der Waals surface area contributed by atoms with Gasteiger partial charge >= 0.3 is 0 Å². The van der Waals surface area contributed by atoms with Gasteiger partial charge in [0.15, 0.2) is 0 Å². The Labute approximate surface area is 199 Å². The molecule has 34 heavy (non-hydrogen) atoms. The molecule has 4 rings (SSSR count). The minimum Gasteiger partial charge on any atom is -0.343 e. The van der Waals surface area contributed by atoms with Gasteiger partial charge in [-0.15, -0.1) is 0 Å². The molecule has 1 aliphatic heterocycles. The predicted octanol–water partition coefficient (Wildman–Crippen LogP) is 3.53. The minimum absolute atomic E-state index is 0.173. The summed E-state index contributed by atoms with van der Waals surface area (Å²) >= 11 is 0. The molecule has 2 aromatic heterocycles. The van der Waals surface area contributed by atoms with E-state index in [-0.39, 0.29) is 11.6 Å². The molecule has 3 aromatic rings. The van der Waals surface area contributed by atoms with Crippen LogP contribution in [-0.2, 0) is 0 Å². The van der Waals surface area contributed by atoms with Crippen molar-refractivity contribution < 1.29 is 9.59 Å². The molecule has 3 N–H and O–H groups in total. The van der Waals surface area contributed by atoms with Crippen LogP contribution >= 0.6 is 0 Å². The molecule has 1 atom stereocenters. The van der Waals surface area contributed by atoms with Crippen molar-refractivity contribution in [2.24, 2.45) is 0 Å². The number of nitrogens with zero attached hydrogens (tertiary/aromatic N) is 4. The number of aryl methyl sites for hydroxylation is 2. The number of pyridine rings is 1. The van der Waals surface area contributed by atoms with Crippen LogP contribution in [0.15, 0.2) is 48.9 Å². The summed E-state index contributed by atoms with van der Waals surface area (Å²) in [6.45, 7) is 7.55. The zero-order chi connectivity index (χ0) is 24.1. The lowest BCUT2D eigenvalue weighted by molar-refractivity contribution is 0.102. The summed E-state index contributed by atoms with van der Waals surface area (Å²) in [5.41, 5.74) is 2.79. The summed E-state index contributed by atoms with van der Waals surface area (Å²) in [6.07, 6.45) is 6.92. The van der Waals surface area contributed by atoms with Crippen molar-refractivity contribution in [2.75, 3.05) is 28.7 Å². The Bertz CT molecular complexity index is 1160. The van der Waals surface area contributed by atoms with Crippen molar-refractivity contribution in [2.45, 2.75) is 39.7 Å². The predicted molar refractivity (Wildman–Crippen MR) is 132 cm³/mol. The Kier molecular flexibility index (Phi) is 7.12. The van der Waals surface area contributed by atoms with Crippen molar-refractivity contribution in [3.63, 3.8) is 0 Å². The fourth-order valence-electron chi connectivity index (χ4n) is 3.70. The highest BCUT2D eigenvalue weighted by atomic mass is 16.2. The second-order valence-corrected chi connectivity index (χ2v) is 8.61. The molecular weight excluding hydrogens is 430 g/mol. The van der Waals surface area contributed by atoms with Gasteiger partial charge in [0.05, 0.1) is 30.3 Å². The van der Waals surface area contributed by atoms with E-state index in [1.165, 1.54) is 6.20 Å². The average Bonchev–Trinajstić information content (AvgIpc) is 3.06. The van der Waals surface area contributed by atoms with E-state index in [1.54, 1.807) is 30.6 Å². The summed E-state index contributed by atoms with van der Waals surface area (Å²) < 4.78 is 0. The van der Waals surface area contributed by atoms with Gasteiger partial charge in [-0.25, -0.2) is 15.0 Å². The smallest absolute Gasteiger partial charge is 0.275 e. The van der Waals surface area contributed by atoms with Crippen molar-refractivity contribution in [1.29, 1.82) is 0 Å². The van der Waals surface area contributed by atoms with Gasteiger partial charge in [0.25, 0.3) is 11.8 Å². The molecule has 1 saturated heterocycles. The molecule has 1 unspecified atom stereocenters. The van der Waals surface area contributed by atoms with Crippen molar-refractivity contribution in [1.82, 2.24) is 20.3 Å². The van der Waals surface area contributed by atoms with Crippen LogP contribution in [0.4, 0.5) is 17.3 Å². The van der Waals surface area contributed by atoms with Crippen LogP contribution in [0.25, 0.3) is 0 Å². The van der Waals surface area contributed by atoms with Gasteiger partial charge in [0.1, 0.15) is 17.3 Å². The van der Waals surface area contributed by atoms with Crippen LogP contribution in [0.3, 0.4) is 0 Å². The van der Waals surface area contributed by atoms with Crippen LogP contribution in [0.2, 0.25) is 0 Å². The van der Waals surface area contributed by atoms with E-state index in [1.807, 2.05) is 26.0 Å². The number of anilines is 3. The molecule has 0 saturated carbocycles. The quantitative estimate of drug-likeness (QED) is 0.535. The van der Waals surface area contributed by atoms with Gasteiger partial charge in [-0.2, -0.15) is 0 Å². The lowest BCUT2D eigenvalue weighted by atomic mass is 10.1. The first kappa shape index (κ1) is 23.3. The molecule has 1 aromatic carbocycles. The second kappa shape index (κ2) is 10.4. The molecule has 9 nitrogen and oxygen atoms in total. The van der Waals surface area contributed by atoms with Gasteiger partial charge < -0.3 is 15.5 Å². The lowest BCUT2D eigenvalue weighted by Gasteiger charge is -2.21. The Hall–Kier alpha value is -3.85. The Morgan fingerprint density at radius 2 is 1.79 bits per heavy atom. The summed E-state index contributed by atoms with van der Waals surface area (Å²) in [4.78, 5) is 40.9. The molecule has 3 heterocycles. The fraction of sp³-hybridized carbons (Fsp3) is 0.320. The molecule has 176 valence electrons. The SMILES string of the molecule is Cc1ccc(NC(=O)c2cc(C)ccc2NC(=O)c2cnc(N3CCCC(C)NC3)cn2)nc1.